The van der Waals surface area contributed by atoms with Crippen LogP contribution in [0.2, 0.25) is 0 Å². The summed E-state index contributed by atoms with van der Waals surface area (Å²) in [6, 6.07) is 3.40. The first-order valence-electron chi connectivity index (χ1n) is 12.0. The van der Waals surface area contributed by atoms with Gasteiger partial charge < -0.3 is 43.4 Å². The molecule has 0 saturated carbocycles. The SMILES string of the molecule is CC(C)C(N)C(=O)NC(CCCN=C(N)N)C(=O)NC(CC(=O)O)C(=O)NC(Cc1ccccc1)C(=O)O. The molecule has 0 radical (unpaired) electrons. The highest BCUT2D eigenvalue weighted by atomic mass is 16.4. The molecule has 0 aromatic heterocycles. The zero-order valence-corrected chi connectivity index (χ0v) is 21.4. The third kappa shape index (κ3) is 11.7. The number of aliphatic carboxylic acids is 2. The number of carboxylic acid groups (broad SMARTS) is 2. The quantitative estimate of drug-likeness (QED) is 0.0675. The van der Waals surface area contributed by atoms with Crippen LogP contribution in [0.4, 0.5) is 0 Å². The fourth-order valence-electron chi connectivity index (χ4n) is 3.32. The molecule has 1 aromatic rings. The number of nitrogens with two attached hydrogens (primary N) is 3. The molecule has 11 N–H and O–H groups in total. The highest BCUT2D eigenvalue weighted by molar-refractivity contribution is 5.95. The van der Waals surface area contributed by atoms with Crippen molar-refractivity contribution in [3.8, 4) is 0 Å². The molecule has 0 fully saturated rings. The van der Waals surface area contributed by atoms with Crippen molar-refractivity contribution in [2.75, 3.05) is 6.54 Å². The minimum atomic E-state index is -1.62. The molecule has 0 heterocycles. The van der Waals surface area contributed by atoms with Gasteiger partial charge in [0, 0.05) is 13.0 Å². The van der Waals surface area contributed by atoms with Gasteiger partial charge in [-0.15, -0.1) is 0 Å². The van der Waals surface area contributed by atoms with Crippen molar-refractivity contribution in [2.24, 2.45) is 28.1 Å². The zero-order chi connectivity index (χ0) is 28.8. The van der Waals surface area contributed by atoms with Crippen molar-refractivity contribution in [3.05, 3.63) is 35.9 Å². The second kappa shape index (κ2) is 15.8. The Morgan fingerprint density at radius 2 is 1.42 bits per heavy atom. The third-order valence-electron chi connectivity index (χ3n) is 5.51. The minimum Gasteiger partial charge on any atom is -0.481 e. The van der Waals surface area contributed by atoms with Crippen molar-refractivity contribution < 1.29 is 34.2 Å². The monoisotopic (exact) mass is 535 g/mol. The second-order valence-electron chi connectivity index (χ2n) is 9.03. The lowest BCUT2D eigenvalue weighted by Gasteiger charge is -2.25. The van der Waals surface area contributed by atoms with E-state index < -0.39 is 60.2 Å². The molecule has 1 rings (SSSR count). The Balaban J connectivity index is 3.05. The van der Waals surface area contributed by atoms with E-state index in [1.54, 1.807) is 44.2 Å². The van der Waals surface area contributed by atoms with Crippen LogP contribution in [0, 0.1) is 5.92 Å². The highest BCUT2D eigenvalue weighted by Crippen LogP contribution is 2.07. The number of carbonyl (C=O) groups excluding carboxylic acids is 3. The Morgan fingerprint density at radius 3 is 1.95 bits per heavy atom. The minimum absolute atomic E-state index is 0.0480. The lowest BCUT2D eigenvalue weighted by molar-refractivity contribution is -0.143. The van der Waals surface area contributed by atoms with Crippen LogP contribution in [0.15, 0.2) is 35.3 Å². The summed E-state index contributed by atoms with van der Waals surface area (Å²) in [6.07, 6.45) is -0.574. The van der Waals surface area contributed by atoms with Crippen LogP contribution in [0.1, 0.15) is 38.7 Å². The van der Waals surface area contributed by atoms with Gasteiger partial charge in [0.05, 0.1) is 12.5 Å². The first-order valence-corrected chi connectivity index (χ1v) is 12.0. The molecule has 14 heteroatoms. The molecule has 0 aliphatic heterocycles. The number of nitrogens with zero attached hydrogens (tertiary/aromatic N) is 1. The molecular formula is C24H37N7O7. The fourth-order valence-corrected chi connectivity index (χ4v) is 3.32. The molecule has 38 heavy (non-hydrogen) atoms. The number of amides is 3. The van der Waals surface area contributed by atoms with E-state index in [0.29, 0.717) is 5.56 Å². The second-order valence-corrected chi connectivity index (χ2v) is 9.03. The zero-order valence-electron chi connectivity index (χ0n) is 21.4. The number of guanidine groups is 1. The van der Waals surface area contributed by atoms with E-state index in [1.807, 2.05) is 0 Å². The summed E-state index contributed by atoms with van der Waals surface area (Å²) < 4.78 is 0. The van der Waals surface area contributed by atoms with Crippen LogP contribution >= 0.6 is 0 Å². The molecule has 0 bridgehead atoms. The van der Waals surface area contributed by atoms with Crippen LogP contribution in [0.25, 0.3) is 0 Å². The first kappa shape index (κ1) is 31.8. The highest BCUT2D eigenvalue weighted by Gasteiger charge is 2.32. The Bertz CT molecular complexity index is 997. The summed E-state index contributed by atoms with van der Waals surface area (Å²) in [6.45, 7) is 3.59. The molecule has 0 aliphatic carbocycles. The molecule has 0 aliphatic rings. The van der Waals surface area contributed by atoms with E-state index in [4.69, 9.17) is 17.2 Å². The van der Waals surface area contributed by atoms with Gasteiger partial charge in [0.1, 0.15) is 18.1 Å². The Labute approximate surface area is 220 Å². The summed E-state index contributed by atoms with van der Waals surface area (Å²) in [7, 11) is 0. The maximum atomic E-state index is 13.1. The molecule has 4 atom stereocenters. The molecular weight excluding hydrogens is 498 g/mol. The lowest BCUT2D eigenvalue weighted by Crippen LogP contribution is -2.58. The maximum Gasteiger partial charge on any atom is 0.326 e. The summed E-state index contributed by atoms with van der Waals surface area (Å²) in [4.78, 5) is 65.4. The van der Waals surface area contributed by atoms with Crippen molar-refractivity contribution in [3.63, 3.8) is 0 Å². The summed E-state index contributed by atoms with van der Waals surface area (Å²) in [5, 5.41) is 26.0. The van der Waals surface area contributed by atoms with Crippen molar-refractivity contribution in [1.29, 1.82) is 0 Å². The number of hydrogen-bond acceptors (Lipinski definition) is 7. The standard InChI is InChI=1S/C24H37N7O7/c1-13(2)19(25)22(36)29-15(9-6-10-28-24(26)27)20(34)30-16(12-18(32)33)21(35)31-17(23(37)38)11-14-7-4-3-5-8-14/h3-5,7-8,13,15-17,19H,6,9-12,25H2,1-2H3,(H,29,36)(H,30,34)(H,31,35)(H,32,33)(H,37,38)(H4,26,27,28). The summed E-state index contributed by atoms with van der Waals surface area (Å²) >= 11 is 0. The van der Waals surface area contributed by atoms with E-state index in [1.165, 1.54) is 0 Å². The summed E-state index contributed by atoms with van der Waals surface area (Å²) in [5.41, 5.74) is 17.1. The third-order valence-corrected chi connectivity index (χ3v) is 5.51. The average Bonchev–Trinajstić information content (AvgIpc) is 2.84. The largest absolute Gasteiger partial charge is 0.481 e. The van der Waals surface area contributed by atoms with Crippen molar-refractivity contribution in [1.82, 2.24) is 16.0 Å². The number of benzene rings is 1. The van der Waals surface area contributed by atoms with E-state index >= 15 is 0 Å². The predicted molar refractivity (Wildman–Crippen MR) is 139 cm³/mol. The van der Waals surface area contributed by atoms with E-state index in [0.717, 1.165) is 0 Å². The molecule has 0 spiro atoms. The van der Waals surface area contributed by atoms with Gasteiger partial charge in [-0.25, -0.2) is 4.79 Å². The van der Waals surface area contributed by atoms with Gasteiger partial charge >= 0.3 is 11.9 Å². The number of rotatable bonds is 16. The van der Waals surface area contributed by atoms with Crippen LogP contribution < -0.4 is 33.2 Å². The van der Waals surface area contributed by atoms with Crippen molar-refractivity contribution in [2.45, 2.75) is 63.7 Å². The molecule has 210 valence electrons. The van der Waals surface area contributed by atoms with Gasteiger partial charge in [-0.3, -0.25) is 24.2 Å². The Kier molecular flexibility index (Phi) is 13.2. The molecule has 3 amide bonds. The number of carboxylic acids is 2. The van der Waals surface area contributed by atoms with Gasteiger partial charge in [0.25, 0.3) is 0 Å². The average molecular weight is 536 g/mol. The number of hydrogen-bond donors (Lipinski definition) is 8. The van der Waals surface area contributed by atoms with Gasteiger partial charge in [-0.2, -0.15) is 0 Å². The van der Waals surface area contributed by atoms with Crippen LogP contribution in [0.5, 0.6) is 0 Å². The number of carbonyl (C=O) groups is 5. The topological polar surface area (TPSA) is 252 Å². The Hall–Kier alpha value is -4.20. The lowest BCUT2D eigenvalue weighted by atomic mass is 10.0. The van der Waals surface area contributed by atoms with Crippen molar-refractivity contribution >= 4 is 35.6 Å². The molecule has 4 unspecified atom stereocenters. The molecule has 1 aromatic carbocycles. The smallest absolute Gasteiger partial charge is 0.326 e. The number of aliphatic imine (C=N–C) groups is 1. The fraction of sp³-hybridized carbons (Fsp3) is 0.500. The maximum absolute atomic E-state index is 13.1. The normalized spacial score (nSPS) is 13.9. The molecule has 14 nitrogen and oxygen atoms in total. The first-order chi connectivity index (χ1) is 17.8. The van der Waals surface area contributed by atoms with Gasteiger partial charge in [0.15, 0.2) is 5.96 Å². The van der Waals surface area contributed by atoms with E-state index in [2.05, 4.69) is 20.9 Å². The van der Waals surface area contributed by atoms with Gasteiger partial charge in [0.2, 0.25) is 17.7 Å². The Morgan fingerprint density at radius 1 is 0.868 bits per heavy atom. The van der Waals surface area contributed by atoms with Crippen LogP contribution in [0.3, 0.4) is 0 Å². The summed E-state index contributed by atoms with van der Waals surface area (Å²) in [5.74, 6) is -5.60. The molecule has 0 saturated heterocycles. The van der Waals surface area contributed by atoms with Gasteiger partial charge in [-0.1, -0.05) is 44.2 Å². The van der Waals surface area contributed by atoms with E-state index in [-0.39, 0.29) is 37.7 Å². The van der Waals surface area contributed by atoms with Gasteiger partial charge in [-0.05, 0) is 24.3 Å². The van der Waals surface area contributed by atoms with Crippen LogP contribution in [-0.2, 0) is 30.4 Å². The van der Waals surface area contributed by atoms with Crippen LogP contribution in [-0.4, -0.2) is 76.5 Å². The van der Waals surface area contributed by atoms with E-state index in [9.17, 15) is 34.2 Å². The predicted octanol–water partition coefficient (Wildman–Crippen LogP) is -1.72. The number of nitrogens with one attached hydrogen (secondary N) is 3.